The molecule has 1 aliphatic rings. The number of rotatable bonds is 1. The average molecular weight is 376 g/mol. The summed E-state index contributed by atoms with van der Waals surface area (Å²) >= 11 is 2.31. The van der Waals surface area contributed by atoms with Gasteiger partial charge in [-0.05, 0) is 72.7 Å². The molecule has 0 spiro atoms. The molecule has 0 radical (unpaired) electrons. The number of fused-ring (bicyclic) bond motifs is 1. The Balaban J connectivity index is 1.98. The molecule has 2 aromatic carbocycles. The van der Waals surface area contributed by atoms with Crippen LogP contribution in [0.4, 0.5) is 5.69 Å². The lowest BCUT2D eigenvalue weighted by molar-refractivity contribution is 0.513. The third-order valence-corrected chi connectivity index (χ3v) is 4.14. The van der Waals surface area contributed by atoms with Gasteiger partial charge < -0.3 is 5.32 Å². The van der Waals surface area contributed by atoms with E-state index in [1.54, 1.807) is 0 Å². The van der Waals surface area contributed by atoms with Crippen molar-refractivity contribution in [2.24, 2.45) is 4.99 Å². The van der Waals surface area contributed by atoms with Crippen molar-refractivity contribution < 1.29 is 0 Å². The number of aliphatic imine (C=N–C) groups is 1. The minimum Gasteiger partial charge on any atom is -0.340 e. The first-order valence-electron chi connectivity index (χ1n) is 6.74. The topological polar surface area (TPSA) is 24.4 Å². The summed E-state index contributed by atoms with van der Waals surface area (Å²) in [5.74, 6) is 0.970. The van der Waals surface area contributed by atoms with Crippen molar-refractivity contribution in [1.29, 1.82) is 0 Å². The van der Waals surface area contributed by atoms with Gasteiger partial charge in [0, 0.05) is 14.8 Å². The third-order valence-electron chi connectivity index (χ3n) is 3.42. The molecule has 0 aromatic heterocycles. The lowest BCUT2D eigenvalue weighted by atomic mass is 9.89. The zero-order valence-electron chi connectivity index (χ0n) is 11.7. The second kappa shape index (κ2) is 5.20. The maximum absolute atomic E-state index is 4.88. The van der Waals surface area contributed by atoms with E-state index >= 15 is 0 Å². The predicted octanol–water partition coefficient (Wildman–Crippen LogP) is 4.48. The SMILES string of the molecule is CC1(C)Cc2ccccc2C(Nc2ccc(I)cc2)=N1. The van der Waals surface area contributed by atoms with Gasteiger partial charge in [0.1, 0.15) is 5.84 Å². The molecule has 0 saturated heterocycles. The van der Waals surface area contributed by atoms with Gasteiger partial charge in [0.05, 0.1) is 5.54 Å². The molecule has 1 N–H and O–H groups in total. The number of benzene rings is 2. The van der Waals surface area contributed by atoms with Crippen LogP contribution in [0.15, 0.2) is 53.5 Å². The van der Waals surface area contributed by atoms with E-state index in [1.807, 2.05) is 0 Å². The fourth-order valence-corrected chi connectivity index (χ4v) is 2.90. The highest BCUT2D eigenvalue weighted by molar-refractivity contribution is 14.1. The molecule has 102 valence electrons. The van der Waals surface area contributed by atoms with Gasteiger partial charge in [-0.3, -0.25) is 4.99 Å². The number of nitrogens with one attached hydrogen (secondary N) is 1. The zero-order chi connectivity index (χ0) is 14.2. The maximum atomic E-state index is 4.88. The molecule has 2 nitrogen and oxygen atoms in total. The summed E-state index contributed by atoms with van der Waals surface area (Å²) in [7, 11) is 0. The molecule has 3 rings (SSSR count). The van der Waals surface area contributed by atoms with Crippen LogP contribution < -0.4 is 5.32 Å². The van der Waals surface area contributed by atoms with Crippen LogP contribution in [0, 0.1) is 3.57 Å². The monoisotopic (exact) mass is 376 g/mol. The lowest BCUT2D eigenvalue weighted by Crippen LogP contribution is -2.32. The van der Waals surface area contributed by atoms with E-state index in [-0.39, 0.29) is 5.54 Å². The van der Waals surface area contributed by atoms with Gasteiger partial charge in [0.2, 0.25) is 0 Å². The number of amidine groups is 1. The number of anilines is 1. The molecule has 0 atom stereocenters. The Bertz CT molecular complexity index is 657. The van der Waals surface area contributed by atoms with Gasteiger partial charge in [0.15, 0.2) is 0 Å². The molecule has 1 heterocycles. The highest BCUT2D eigenvalue weighted by Crippen LogP contribution is 2.27. The Morgan fingerprint density at radius 3 is 2.50 bits per heavy atom. The van der Waals surface area contributed by atoms with E-state index in [4.69, 9.17) is 4.99 Å². The van der Waals surface area contributed by atoms with Crippen molar-refractivity contribution in [1.82, 2.24) is 0 Å². The highest BCUT2D eigenvalue weighted by Gasteiger charge is 2.26. The summed E-state index contributed by atoms with van der Waals surface area (Å²) in [6, 6.07) is 16.9. The van der Waals surface area contributed by atoms with Crippen LogP contribution >= 0.6 is 22.6 Å². The minimum absolute atomic E-state index is 0.0557. The zero-order valence-corrected chi connectivity index (χ0v) is 13.8. The molecule has 0 aliphatic carbocycles. The third kappa shape index (κ3) is 2.87. The van der Waals surface area contributed by atoms with Crippen LogP contribution in [0.2, 0.25) is 0 Å². The standard InChI is InChI=1S/C17H17IN2/c1-17(2)11-12-5-3-4-6-15(12)16(20-17)19-14-9-7-13(18)8-10-14/h3-10H,11H2,1-2H3,(H,19,20). The average Bonchev–Trinajstić information content (AvgIpc) is 2.40. The molecule has 0 saturated carbocycles. The van der Waals surface area contributed by atoms with E-state index in [1.165, 1.54) is 14.7 Å². The van der Waals surface area contributed by atoms with E-state index in [2.05, 4.69) is 90.3 Å². The quantitative estimate of drug-likeness (QED) is 0.729. The molecule has 0 bridgehead atoms. The van der Waals surface area contributed by atoms with E-state index < -0.39 is 0 Å². The predicted molar refractivity (Wildman–Crippen MR) is 93.5 cm³/mol. The number of hydrogen-bond donors (Lipinski definition) is 1. The smallest absolute Gasteiger partial charge is 0.133 e. The molecular weight excluding hydrogens is 359 g/mol. The molecule has 3 heteroatoms. The molecule has 1 aliphatic heterocycles. The van der Waals surface area contributed by atoms with Crippen molar-refractivity contribution in [2.75, 3.05) is 5.32 Å². The van der Waals surface area contributed by atoms with Crippen LogP contribution in [-0.4, -0.2) is 11.4 Å². The van der Waals surface area contributed by atoms with Crippen LogP contribution in [0.5, 0.6) is 0 Å². The van der Waals surface area contributed by atoms with Gasteiger partial charge in [-0.1, -0.05) is 24.3 Å². The first-order valence-corrected chi connectivity index (χ1v) is 7.82. The van der Waals surface area contributed by atoms with Gasteiger partial charge in [-0.2, -0.15) is 0 Å². The van der Waals surface area contributed by atoms with E-state index in [0.29, 0.717) is 0 Å². The number of halogens is 1. The summed E-state index contributed by atoms with van der Waals surface area (Å²) in [4.78, 5) is 4.88. The molecule has 0 fully saturated rings. The van der Waals surface area contributed by atoms with Crippen molar-refractivity contribution in [3.63, 3.8) is 0 Å². The van der Waals surface area contributed by atoms with E-state index in [0.717, 1.165) is 17.9 Å². The first kappa shape index (κ1) is 13.6. The Morgan fingerprint density at radius 2 is 1.75 bits per heavy atom. The largest absolute Gasteiger partial charge is 0.340 e. The molecular formula is C17H17IN2. The Morgan fingerprint density at radius 1 is 1.05 bits per heavy atom. The second-order valence-corrected chi connectivity index (χ2v) is 6.98. The van der Waals surface area contributed by atoms with Gasteiger partial charge in [-0.15, -0.1) is 0 Å². The van der Waals surface area contributed by atoms with Crippen molar-refractivity contribution >= 4 is 34.1 Å². The second-order valence-electron chi connectivity index (χ2n) is 5.74. The van der Waals surface area contributed by atoms with Crippen LogP contribution in [0.3, 0.4) is 0 Å². The highest BCUT2D eigenvalue weighted by atomic mass is 127. The fraction of sp³-hybridized carbons (Fsp3) is 0.235. The van der Waals surface area contributed by atoms with Crippen LogP contribution in [0.25, 0.3) is 0 Å². The molecule has 2 aromatic rings. The van der Waals surface area contributed by atoms with Gasteiger partial charge >= 0.3 is 0 Å². The Labute approximate surface area is 133 Å². The summed E-state index contributed by atoms with van der Waals surface area (Å²) in [5.41, 5.74) is 3.60. The van der Waals surface area contributed by atoms with Crippen molar-refractivity contribution in [3.05, 3.63) is 63.2 Å². The summed E-state index contributed by atoms with van der Waals surface area (Å²) in [6.07, 6.45) is 0.987. The van der Waals surface area contributed by atoms with E-state index in [9.17, 15) is 0 Å². The summed E-state index contributed by atoms with van der Waals surface area (Å²) in [5, 5.41) is 3.47. The molecule has 0 unspecified atom stereocenters. The number of nitrogens with zero attached hydrogens (tertiary/aromatic N) is 1. The summed E-state index contributed by atoms with van der Waals surface area (Å²) in [6.45, 7) is 4.36. The number of hydrogen-bond acceptors (Lipinski definition) is 2. The lowest BCUT2D eigenvalue weighted by Gasteiger charge is -2.29. The normalized spacial score (nSPS) is 16.2. The summed E-state index contributed by atoms with van der Waals surface area (Å²) < 4.78 is 1.24. The first-order chi connectivity index (χ1) is 9.53. The van der Waals surface area contributed by atoms with Crippen molar-refractivity contribution in [3.8, 4) is 0 Å². The Kier molecular flexibility index (Phi) is 3.54. The molecule has 20 heavy (non-hydrogen) atoms. The molecule has 0 amide bonds. The minimum atomic E-state index is -0.0557. The van der Waals surface area contributed by atoms with Gasteiger partial charge in [-0.25, -0.2) is 0 Å². The van der Waals surface area contributed by atoms with Crippen LogP contribution in [-0.2, 0) is 6.42 Å². The maximum Gasteiger partial charge on any atom is 0.133 e. The van der Waals surface area contributed by atoms with Crippen molar-refractivity contribution in [2.45, 2.75) is 25.8 Å². The Hall–Kier alpha value is -1.36. The fourth-order valence-electron chi connectivity index (χ4n) is 2.54. The van der Waals surface area contributed by atoms with Gasteiger partial charge in [0.25, 0.3) is 0 Å². The van der Waals surface area contributed by atoms with Crippen LogP contribution in [0.1, 0.15) is 25.0 Å².